The summed E-state index contributed by atoms with van der Waals surface area (Å²) in [6, 6.07) is 3.43. The molecular weight excluding hydrogens is 211 g/mol. The van der Waals surface area contributed by atoms with Gasteiger partial charge < -0.3 is 16.2 Å². The third kappa shape index (κ3) is 2.93. The van der Waals surface area contributed by atoms with E-state index in [2.05, 4.69) is 5.32 Å². The van der Waals surface area contributed by atoms with Gasteiger partial charge in [0.05, 0.1) is 18.2 Å². The monoisotopic (exact) mass is 226 g/mol. The number of anilines is 1. The molecule has 0 aliphatic heterocycles. The van der Waals surface area contributed by atoms with Crippen LogP contribution in [0.2, 0.25) is 0 Å². The summed E-state index contributed by atoms with van der Waals surface area (Å²) >= 11 is 0. The second-order valence-corrected chi connectivity index (χ2v) is 3.50. The van der Waals surface area contributed by atoms with Gasteiger partial charge in [0, 0.05) is 5.69 Å². The molecule has 0 aromatic heterocycles. The minimum absolute atomic E-state index is 0.105. The van der Waals surface area contributed by atoms with Crippen molar-refractivity contribution >= 4 is 11.6 Å². The van der Waals surface area contributed by atoms with Gasteiger partial charge in [-0.05, 0) is 24.6 Å². The Kier molecular flexibility index (Phi) is 4.25. The molecule has 1 aromatic rings. The van der Waals surface area contributed by atoms with Crippen LogP contribution in [0.4, 0.5) is 10.1 Å². The van der Waals surface area contributed by atoms with Crippen molar-refractivity contribution in [3.05, 3.63) is 29.6 Å². The van der Waals surface area contributed by atoms with Crippen molar-refractivity contribution < 1.29 is 14.3 Å². The largest absolute Gasteiger partial charge is 0.399 e. The third-order valence-electron chi connectivity index (χ3n) is 2.28. The lowest BCUT2D eigenvalue weighted by molar-refractivity contribution is 0.0911. The summed E-state index contributed by atoms with van der Waals surface area (Å²) in [6.07, 6.45) is 0.576. The van der Waals surface area contributed by atoms with Crippen LogP contribution < -0.4 is 11.1 Å². The number of hydrogen-bond donors (Lipinski definition) is 3. The van der Waals surface area contributed by atoms with E-state index in [9.17, 15) is 9.18 Å². The summed E-state index contributed by atoms with van der Waals surface area (Å²) in [5, 5.41) is 11.4. The van der Waals surface area contributed by atoms with Crippen LogP contribution in [0.3, 0.4) is 0 Å². The number of benzene rings is 1. The highest BCUT2D eigenvalue weighted by Crippen LogP contribution is 2.12. The number of rotatable bonds is 4. The van der Waals surface area contributed by atoms with Crippen LogP contribution in [0.5, 0.6) is 0 Å². The van der Waals surface area contributed by atoms with Crippen LogP contribution in [0.15, 0.2) is 18.2 Å². The van der Waals surface area contributed by atoms with Crippen molar-refractivity contribution in [1.29, 1.82) is 0 Å². The second kappa shape index (κ2) is 5.46. The molecule has 0 heterocycles. The fraction of sp³-hybridized carbons (Fsp3) is 0.364. The van der Waals surface area contributed by atoms with Crippen LogP contribution in [-0.2, 0) is 0 Å². The maximum atomic E-state index is 13.3. The van der Waals surface area contributed by atoms with E-state index >= 15 is 0 Å². The molecule has 1 rings (SSSR count). The Bertz CT molecular complexity index is 378. The van der Waals surface area contributed by atoms with Gasteiger partial charge in [-0.25, -0.2) is 4.39 Å². The topological polar surface area (TPSA) is 75.3 Å². The van der Waals surface area contributed by atoms with Gasteiger partial charge in [0.15, 0.2) is 0 Å². The quantitative estimate of drug-likeness (QED) is 0.668. The predicted octanol–water partition coefficient (Wildman–Crippen LogP) is 0.909. The number of nitrogens with two attached hydrogens (primary N) is 1. The number of amides is 1. The first-order chi connectivity index (χ1) is 7.58. The Morgan fingerprint density at radius 3 is 2.88 bits per heavy atom. The molecule has 0 fully saturated rings. The van der Waals surface area contributed by atoms with Gasteiger partial charge >= 0.3 is 0 Å². The van der Waals surface area contributed by atoms with Crippen molar-refractivity contribution in [2.45, 2.75) is 19.4 Å². The standard InChI is InChI=1S/C11H15FN2O2/c1-2-8(6-15)14-11(16)9-5-7(13)3-4-10(9)12/h3-5,8,15H,2,6,13H2,1H3,(H,14,16)/t8-/m0/s1. The van der Waals surface area contributed by atoms with Gasteiger partial charge in [-0.3, -0.25) is 4.79 Å². The lowest BCUT2D eigenvalue weighted by Crippen LogP contribution is -2.37. The molecule has 0 unspecified atom stereocenters. The molecule has 0 saturated carbocycles. The molecule has 1 atom stereocenters. The summed E-state index contributed by atoms with van der Waals surface area (Å²) in [7, 11) is 0. The molecule has 4 N–H and O–H groups in total. The summed E-state index contributed by atoms with van der Waals surface area (Å²) in [5.41, 5.74) is 5.68. The number of aliphatic hydroxyl groups is 1. The number of carbonyl (C=O) groups excluding carboxylic acids is 1. The average Bonchev–Trinajstić information content (AvgIpc) is 2.28. The molecule has 0 aliphatic carbocycles. The van der Waals surface area contributed by atoms with E-state index in [4.69, 9.17) is 10.8 Å². The highest BCUT2D eigenvalue weighted by molar-refractivity contribution is 5.95. The molecule has 1 amide bonds. The van der Waals surface area contributed by atoms with Crippen molar-refractivity contribution in [3.63, 3.8) is 0 Å². The van der Waals surface area contributed by atoms with E-state index in [1.54, 1.807) is 0 Å². The second-order valence-electron chi connectivity index (χ2n) is 3.50. The van der Waals surface area contributed by atoms with Gasteiger partial charge in [0.2, 0.25) is 0 Å². The van der Waals surface area contributed by atoms with E-state index in [1.165, 1.54) is 12.1 Å². The van der Waals surface area contributed by atoms with Gasteiger partial charge in [-0.15, -0.1) is 0 Å². The molecule has 0 bridgehead atoms. The van der Waals surface area contributed by atoms with E-state index in [-0.39, 0.29) is 18.2 Å². The number of nitrogen functional groups attached to an aromatic ring is 1. The van der Waals surface area contributed by atoms with Gasteiger partial charge in [0.1, 0.15) is 5.82 Å². The lowest BCUT2D eigenvalue weighted by atomic mass is 10.1. The van der Waals surface area contributed by atoms with Gasteiger partial charge in [-0.1, -0.05) is 6.92 Å². The van der Waals surface area contributed by atoms with E-state index in [1.807, 2.05) is 6.92 Å². The van der Waals surface area contributed by atoms with Gasteiger partial charge in [-0.2, -0.15) is 0 Å². The fourth-order valence-electron chi connectivity index (χ4n) is 1.26. The van der Waals surface area contributed by atoms with Crippen LogP contribution in [-0.4, -0.2) is 23.7 Å². The van der Waals surface area contributed by atoms with Crippen molar-refractivity contribution in [2.24, 2.45) is 0 Å². The number of nitrogens with one attached hydrogen (secondary N) is 1. The van der Waals surface area contributed by atoms with E-state index in [0.29, 0.717) is 12.1 Å². The minimum atomic E-state index is -0.625. The van der Waals surface area contributed by atoms with E-state index in [0.717, 1.165) is 6.07 Å². The Morgan fingerprint density at radius 2 is 2.31 bits per heavy atom. The van der Waals surface area contributed by atoms with Crippen LogP contribution in [0, 0.1) is 5.82 Å². The van der Waals surface area contributed by atoms with E-state index < -0.39 is 11.7 Å². The van der Waals surface area contributed by atoms with Crippen LogP contribution >= 0.6 is 0 Å². The normalized spacial score (nSPS) is 12.2. The predicted molar refractivity (Wildman–Crippen MR) is 59.4 cm³/mol. The number of halogens is 1. The Morgan fingerprint density at radius 1 is 1.62 bits per heavy atom. The van der Waals surface area contributed by atoms with Crippen LogP contribution in [0.1, 0.15) is 23.7 Å². The molecule has 16 heavy (non-hydrogen) atoms. The summed E-state index contributed by atoms with van der Waals surface area (Å²) < 4.78 is 13.3. The highest BCUT2D eigenvalue weighted by Gasteiger charge is 2.15. The average molecular weight is 226 g/mol. The first-order valence-corrected chi connectivity index (χ1v) is 5.05. The maximum Gasteiger partial charge on any atom is 0.254 e. The molecular formula is C11H15FN2O2. The number of aliphatic hydroxyl groups excluding tert-OH is 1. The molecule has 0 aliphatic rings. The van der Waals surface area contributed by atoms with Crippen molar-refractivity contribution in [2.75, 3.05) is 12.3 Å². The van der Waals surface area contributed by atoms with Crippen LogP contribution in [0.25, 0.3) is 0 Å². The first kappa shape index (κ1) is 12.4. The zero-order valence-electron chi connectivity index (χ0n) is 9.03. The SMILES string of the molecule is CC[C@@H](CO)NC(=O)c1cc(N)ccc1F. The van der Waals surface area contributed by atoms with Crippen molar-refractivity contribution in [1.82, 2.24) is 5.32 Å². The van der Waals surface area contributed by atoms with Gasteiger partial charge in [0.25, 0.3) is 5.91 Å². The zero-order valence-corrected chi connectivity index (χ0v) is 9.03. The Hall–Kier alpha value is -1.62. The number of hydrogen-bond acceptors (Lipinski definition) is 3. The smallest absolute Gasteiger partial charge is 0.254 e. The third-order valence-corrected chi connectivity index (χ3v) is 2.28. The molecule has 0 radical (unpaired) electrons. The lowest BCUT2D eigenvalue weighted by Gasteiger charge is -2.14. The number of carbonyl (C=O) groups is 1. The molecule has 4 nitrogen and oxygen atoms in total. The first-order valence-electron chi connectivity index (χ1n) is 5.05. The zero-order chi connectivity index (χ0) is 12.1. The minimum Gasteiger partial charge on any atom is -0.399 e. The highest BCUT2D eigenvalue weighted by atomic mass is 19.1. The van der Waals surface area contributed by atoms with Crippen molar-refractivity contribution in [3.8, 4) is 0 Å². The maximum absolute atomic E-state index is 13.3. The Labute approximate surface area is 93.3 Å². The molecule has 0 saturated heterocycles. The summed E-state index contributed by atoms with van der Waals surface area (Å²) in [4.78, 5) is 11.6. The summed E-state index contributed by atoms with van der Waals surface area (Å²) in [6.45, 7) is 1.64. The fourth-order valence-corrected chi connectivity index (χ4v) is 1.26. The molecule has 5 heteroatoms. The molecule has 0 spiro atoms. The Balaban J connectivity index is 2.83. The molecule has 88 valence electrons. The summed E-state index contributed by atoms with van der Waals surface area (Å²) in [5.74, 6) is -1.19. The molecule has 1 aromatic carbocycles.